The van der Waals surface area contributed by atoms with Crippen molar-refractivity contribution in [2.24, 2.45) is 0 Å². The van der Waals surface area contributed by atoms with Crippen molar-refractivity contribution < 1.29 is 14.4 Å². The van der Waals surface area contributed by atoms with Crippen molar-refractivity contribution in [3.63, 3.8) is 0 Å². The van der Waals surface area contributed by atoms with Gasteiger partial charge in [-0.2, -0.15) is 5.43 Å². The number of quaternary nitrogens is 1. The van der Waals surface area contributed by atoms with Gasteiger partial charge in [0.1, 0.15) is 10.7 Å². The fourth-order valence-electron chi connectivity index (χ4n) is 1.06. The van der Waals surface area contributed by atoms with E-state index >= 15 is 0 Å². The summed E-state index contributed by atoms with van der Waals surface area (Å²) in [6.07, 6.45) is 0.472. The van der Waals surface area contributed by atoms with Crippen molar-refractivity contribution in [1.29, 1.82) is 0 Å². The third-order valence-electron chi connectivity index (χ3n) is 2.44. The molecule has 0 spiro atoms. The Morgan fingerprint density at radius 3 is 2.62 bits per heavy atom. The summed E-state index contributed by atoms with van der Waals surface area (Å²) in [7, 11) is 2.16. The molecule has 4 nitrogen and oxygen atoms in total. The number of hydrogen-bond acceptors (Lipinski definition) is 3. The second-order valence-corrected chi connectivity index (χ2v) is 4.28. The predicted molar refractivity (Wildman–Crippen MR) is 59.1 cm³/mol. The average molecular weight is 301 g/mol. The number of hydrogen-bond donors (Lipinski definition) is 2. The molecule has 1 fully saturated rings. The summed E-state index contributed by atoms with van der Waals surface area (Å²) in [5.74, 6) is 0. The fourth-order valence-corrected chi connectivity index (χ4v) is 1.78. The standard InChI is InChI=1S/C8H18IN2O2/c1-3-11(2,6-9)10-5-4-7-8(12)13-7/h7-8,10,12H,3-6H2,1-2H3/q+1. The molecule has 0 aromatic carbocycles. The number of nitrogens with one attached hydrogen (secondary N) is 1. The summed E-state index contributed by atoms with van der Waals surface area (Å²) in [5.41, 5.74) is 3.43. The van der Waals surface area contributed by atoms with Crippen LogP contribution in [0.1, 0.15) is 13.3 Å². The lowest BCUT2D eigenvalue weighted by molar-refractivity contribution is -0.936. The molecule has 0 amide bonds. The predicted octanol–water partition coefficient (Wildman–Crippen LogP) is 0.457. The second kappa shape index (κ2) is 4.88. The third-order valence-corrected chi connectivity index (χ3v) is 3.95. The minimum absolute atomic E-state index is 0.0759. The number of epoxide rings is 1. The minimum atomic E-state index is -0.498. The highest BCUT2D eigenvalue weighted by molar-refractivity contribution is 14.1. The number of aliphatic hydroxyl groups is 1. The molecule has 0 aliphatic carbocycles. The minimum Gasteiger partial charge on any atom is -0.366 e. The highest BCUT2D eigenvalue weighted by atomic mass is 127. The lowest BCUT2D eigenvalue weighted by Crippen LogP contribution is -2.54. The molecule has 5 heteroatoms. The average Bonchev–Trinajstić information content (AvgIpc) is 2.82. The smallest absolute Gasteiger partial charge is 0.181 e. The van der Waals surface area contributed by atoms with Crippen molar-refractivity contribution in [1.82, 2.24) is 5.43 Å². The van der Waals surface area contributed by atoms with Gasteiger partial charge >= 0.3 is 0 Å². The van der Waals surface area contributed by atoms with Gasteiger partial charge in [0.15, 0.2) is 6.29 Å². The number of rotatable bonds is 6. The molecule has 1 rings (SSSR count). The summed E-state index contributed by atoms with van der Waals surface area (Å²) >= 11 is 2.37. The van der Waals surface area contributed by atoms with Crippen molar-refractivity contribution in [2.75, 3.05) is 24.7 Å². The fraction of sp³-hybridized carbons (Fsp3) is 1.00. The van der Waals surface area contributed by atoms with Crippen LogP contribution in [0, 0.1) is 0 Å². The molecule has 1 heterocycles. The van der Waals surface area contributed by atoms with E-state index in [0.717, 1.165) is 28.7 Å². The molecule has 0 radical (unpaired) electrons. The molecule has 0 aromatic rings. The van der Waals surface area contributed by atoms with Crippen molar-refractivity contribution >= 4 is 22.6 Å². The molecule has 2 N–H and O–H groups in total. The van der Waals surface area contributed by atoms with Crippen LogP contribution in [0.5, 0.6) is 0 Å². The Balaban J connectivity index is 2.09. The van der Waals surface area contributed by atoms with E-state index in [1.54, 1.807) is 0 Å². The van der Waals surface area contributed by atoms with Crippen molar-refractivity contribution in [3.8, 4) is 0 Å². The number of alkyl halides is 1. The lowest BCUT2D eigenvalue weighted by Gasteiger charge is -2.30. The Morgan fingerprint density at radius 2 is 2.23 bits per heavy atom. The Bertz CT molecular complexity index is 164. The molecule has 1 aliphatic rings. The van der Waals surface area contributed by atoms with Crippen LogP contribution in [0.2, 0.25) is 0 Å². The Morgan fingerprint density at radius 1 is 1.62 bits per heavy atom. The molecule has 3 atom stereocenters. The van der Waals surface area contributed by atoms with E-state index in [9.17, 15) is 0 Å². The molecule has 13 heavy (non-hydrogen) atoms. The highest BCUT2D eigenvalue weighted by Gasteiger charge is 2.36. The number of ether oxygens (including phenoxy) is 1. The topological polar surface area (TPSA) is 44.8 Å². The molecule has 1 aliphatic heterocycles. The quantitative estimate of drug-likeness (QED) is 0.187. The van der Waals surface area contributed by atoms with Crippen LogP contribution >= 0.6 is 22.6 Å². The van der Waals surface area contributed by atoms with Gasteiger partial charge in [-0.3, -0.25) is 0 Å². The van der Waals surface area contributed by atoms with Gasteiger partial charge in [-0.15, -0.1) is 0 Å². The summed E-state index contributed by atoms with van der Waals surface area (Å²) in [6, 6.07) is 0. The van der Waals surface area contributed by atoms with Crippen molar-refractivity contribution in [3.05, 3.63) is 0 Å². The highest BCUT2D eigenvalue weighted by Crippen LogP contribution is 2.21. The van der Waals surface area contributed by atoms with E-state index in [1.807, 2.05) is 0 Å². The molecular formula is C8H18IN2O2+. The van der Waals surface area contributed by atoms with Gasteiger partial charge in [0, 0.05) is 6.54 Å². The van der Waals surface area contributed by atoms with Gasteiger partial charge in [0.05, 0.1) is 13.6 Å². The van der Waals surface area contributed by atoms with Crippen molar-refractivity contribution in [2.45, 2.75) is 25.7 Å². The lowest BCUT2D eigenvalue weighted by atomic mass is 10.3. The molecule has 0 bridgehead atoms. The molecule has 0 aromatic heterocycles. The molecule has 1 saturated heterocycles. The van der Waals surface area contributed by atoms with Crippen LogP contribution in [0.4, 0.5) is 0 Å². The third kappa shape index (κ3) is 3.67. The summed E-state index contributed by atoms with van der Waals surface area (Å²) in [6.45, 7) is 4.13. The Hall–Kier alpha value is 0.570. The van der Waals surface area contributed by atoms with Gasteiger partial charge in [0.25, 0.3) is 0 Å². The number of nitrogens with zero attached hydrogens (tertiary/aromatic N) is 1. The van der Waals surface area contributed by atoms with E-state index in [1.165, 1.54) is 0 Å². The monoisotopic (exact) mass is 301 g/mol. The normalized spacial score (nSPS) is 31.4. The van der Waals surface area contributed by atoms with Crippen LogP contribution < -0.4 is 5.43 Å². The largest absolute Gasteiger partial charge is 0.366 e. The first kappa shape index (κ1) is 11.6. The van der Waals surface area contributed by atoms with Gasteiger partial charge in [0.2, 0.25) is 0 Å². The Labute approximate surface area is 92.9 Å². The van der Waals surface area contributed by atoms with Crippen LogP contribution in [0.3, 0.4) is 0 Å². The van der Waals surface area contributed by atoms with Crippen LogP contribution in [0.25, 0.3) is 0 Å². The maximum Gasteiger partial charge on any atom is 0.181 e. The molecule has 3 unspecified atom stereocenters. The maximum atomic E-state index is 8.91. The second-order valence-electron chi connectivity index (χ2n) is 3.59. The summed E-state index contributed by atoms with van der Waals surface area (Å²) < 4.78 is 6.81. The van der Waals surface area contributed by atoms with Gasteiger partial charge in [-0.1, -0.05) is 0 Å². The van der Waals surface area contributed by atoms with Gasteiger partial charge < -0.3 is 9.84 Å². The maximum absolute atomic E-state index is 8.91. The zero-order valence-electron chi connectivity index (χ0n) is 8.16. The van der Waals surface area contributed by atoms with Crippen LogP contribution in [0.15, 0.2) is 0 Å². The van der Waals surface area contributed by atoms with E-state index in [4.69, 9.17) is 9.84 Å². The zero-order valence-corrected chi connectivity index (χ0v) is 10.3. The van der Waals surface area contributed by atoms with Crippen LogP contribution in [-0.4, -0.2) is 46.8 Å². The van der Waals surface area contributed by atoms with E-state index in [2.05, 4.69) is 42.0 Å². The zero-order chi connectivity index (χ0) is 9.90. The first-order valence-corrected chi connectivity index (χ1v) is 6.13. The van der Waals surface area contributed by atoms with Gasteiger partial charge in [-0.05, 0) is 35.9 Å². The first-order valence-electron chi connectivity index (χ1n) is 4.60. The summed E-state index contributed by atoms with van der Waals surface area (Å²) in [5, 5.41) is 8.91. The number of halogens is 1. The summed E-state index contributed by atoms with van der Waals surface area (Å²) in [4.78, 5) is 0. The van der Waals surface area contributed by atoms with Gasteiger partial charge in [-0.25, -0.2) is 4.59 Å². The number of aliphatic hydroxyl groups excluding tert-OH is 1. The van der Waals surface area contributed by atoms with E-state index < -0.39 is 6.29 Å². The molecular weight excluding hydrogens is 283 g/mol. The van der Waals surface area contributed by atoms with Crippen LogP contribution in [-0.2, 0) is 4.74 Å². The Kier molecular flexibility index (Phi) is 4.37. The van der Waals surface area contributed by atoms with E-state index in [-0.39, 0.29) is 6.10 Å². The molecule has 0 saturated carbocycles. The van der Waals surface area contributed by atoms with E-state index in [0.29, 0.717) is 0 Å². The first-order chi connectivity index (χ1) is 6.11. The molecule has 78 valence electrons. The SMILES string of the molecule is CC[N+](C)(CI)NCCC1OC1O.